The highest BCUT2D eigenvalue weighted by atomic mass is 16.5. The van der Waals surface area contributed by atoms with Crippen molar-refractivity contribution in [2.45, 2.75) is 19.8 Å². The van der Waals surface area contributed by atoms with Gasteiger partial charge in [0.2, 0.25) is 0 Å². The molecular formula is C16H16N2O4. The van der Waals surface area contributed by atoms with Gasteiger partial charge >= 0.3 is 5.97 Å². The van der Waals surface area contributed by atoms with Gasteiger partial charge in [0.25, 0.3) is 11.7 Å². The Kier molecular flexibility index (Phi) is 3.66. The first-order valence-electron chi connectivity index (χ1n) is 7.20. The van der Waals surface area contributed by atoms with Crippen LogP contribution in [0.3, 0.4) is 0 Å². The number of ether oxygens (including phenoxy) is 1. The lowest BCUT2D eigenvalue weighted by atomic mass is 10.1. The van der Waals surface area contributed by atoms with E-state index in [0.29, 0.717) is 24.0 Å². The Morgan fingerprint density at radius 1 is 1.18 bits per heavy atom. The quantitative estimate of drug-likeness (QED) is 0.406. The molecular weight excluding hydrogens is 284 g/mol. The lowest BCUT2D eigenvalue weighted by molar-refractivity contribution is -0.131. The maximum absolute atomic E-state index is 12.5. The molecule has 0 saturated carbocycles. The van der Waals surface area contributed by atoms with Gasteiger partial charge in [0, 0.05) is 31.7 Å². The Bertz CT molecular complexity index is 757. The number of Topliss-reactive ketones (excluding diaryl/α,β-unsaturated/α-hetero) is 1. The van der Waals surface area contributed by atoms with Crippen molar-refractivity contribution in [3.05, 3.63) is 30.0 Å². The van der Waals surface area contributed by atoms with Crippen molar-refractivity contribution >= 4 is 28.6 Å². The van der Waals surface area contributed by atoms with Crippen molar-refractivity contribution < 1.29 is 19.1 Å². The number of nitrogens with zero attached hydrogens (tertiary/aromatic N) is 1. The second-order valence-corrected chi connectivity index (χ2v) is 5.30. The summed E-state index contributed by atoms with van der Waals surface area (Å²) in [5.74, 6) is -1.27. The summed E-state index contributed by atoms with van der Waals surface area (Å²) >= 11 is 0. The highest BCUT2D eigenvalue weighted by molar-refractivity contribution is 6.45. The van der Waals surface area contributed by atoms with Crippen LogP contribution in [0.15, 0.2) is 24.4 Å². The summed E-state index contributed by atoms with van der Waals surface area (Å²) in [6.45, 7) is 2.52. The Morgan fingerprint density at radius 3 is 2.59 bits per heavy atom. The minimum Gasteiger partial charge on any atom is -0.426 e. The van der Waals surface area contributed by atoms with Crippen molar-refractivity contribution in [2.75, 3.05) is 13.1 Å². The Morgan fingerprint density at radius 2 is 1.91 bits per heavy atom. The van der Waals surface area contributed by atoms with Gasteiger partial charge in [0.15, 0.2) is 0 Å². The zero-order valence-corrected chi connectivity index (χ0v) is 12.2. The zero-order chi connectivity index (χ0) is 15.7. The number of ketones is 1. The highest BCUT2D eigenvalue weighted by Crippen LogP contribution is 2.29. The molecule has 1 fully saturated rings. The summed E-state index contributed by atoms with van der Waals surface area (Å²) in [6, 6.07) is 5.09. The van der Waals surface area contributed by atoms with Gasteiger partial charge in [-0.2, -0.15) is 0 Å². The van der Waals surface area contributed by atoms with E-state index < -0.39 is 17.7 Å². The van der Waals surface area contributed by atoms with E-state index in [1.54, 1.807) is 23.1 Å². The van der Waals surface area contributed by atoms with E-state index >= 15 is 0 Å². The second kappa shape index (κ2) is 5.63. The van der Waals surface area contributed by atoms with E-state index in [1.165, 1.54) is 13.1 Å². The Hall–Kier alpha value is -2.63. The molecule has 0 aliphatic carbocycles. The van der Waals surface area contributed by atoms with Gasteiger partial charge in [-0.1, -0.05) is 6.07 Å². The Labute approximate surface area is 127 Å². The molecule has 0 spiro atoms. The van der Waals surface area contributed by atoms with Crippen molar-refractivity contribution in [1.29, 1.82) is 0 Å². The first-order chi connectivity index (χ1) is 10.6. The van der Waals surface area contributed by atoms with Crippen molar-refractivity contribution in [3.63, 3.8) is 0 Å². The summed E-state index contributed by atoms with van der Waals surface area (Å²) < 4.78 is 5.15. The van der Waals surface area contributed by atoms with Crippen LogP contribution >= 0.6 is 0 Å². The van der Waals surface area contributed by atoms with Crippen molar-refractivity contribution in [2.24, 2.45) is 0 Å². The number of rotatable bonds is 3. The number of hydrogen-bond acceptors (Lipinski definition) is 4. The van der Waals surface area contributed by atoms with Crippen LogP contribution in [0.5, 0.6) is 5.75 Å². The van der Waals surface area contributed by atoms with Crippen molar-refractivity contribution in [3.8, 4) is 5.75 Å². The van der Waals surface area contributed by atoms with Crippen LogP contribution < -0.4 is 4.74 Å². The number of likely N-dealkylation sites (tertiary alicyclic amines) is 1. The fourth-order valence-corrected chi connectivity index (χ4v) is 2.75. The molecule has 3 rings (SSSR count). The normalized spacial score (nSPS) is 14.3. The second-order valence-electron chi connectivity index (χ2n) is 5.30. The van der Waals surface area contributed by atoms with Gasteiger partial charge in [-0.3, -0.25) is 14.4 Å². The maximum Gasteiger partial charge on any atom is 0.308 e. The van der Waals surface area contributed by atoms with E-state index in [0.717, 1.165) is 12.8 Å². The SMILES string of the molecule is CC(=O)Oc1cccc2[nH]cc(C(=O)C(=O)N3CCCC3)c12. The van der Waals surface area contributed by atoms with E-state index in [4.69, 9.17) is 4.74 Å². The average molecular weight is 300 g/mol. The van der Waals surface area contributed by atoms with E-state index in [1.807, 2.05) is 0 Å². The van der Waals surface area contributed by atoms with Crippen LogP contribution in [0.25, 0.3) is 10.9 Å². The monoisotopic (exact) mass is 300 g/mol. The zero-order valence-electron chi connectivity index (χ0n) is 12.2. The van der Waals surface area contributed by atoms with Gasteiger partial charge in [-0.05, 0) is 25.0 Å². The highest BCUT2D eigenvalue weighted by Gasteiger charge is 2.28. The van der Waals surface area contributed by atoms with Gasteiger partial charge in [-0.15, -0.1) is 0 Å². The number of H-pyrrole nitrogens is 1. The first kappa shape index (κ1) is 14.3. The van der Waals surface area contributed by atoms with Gasteiger partial charge in [0.1, 0.15) is 5.75 Å². The third-order valence-corrected chi connectivity index (χ3v) is 3.75. The van der Waals surface area contributed by atoms with Crippen molar-refractivity contribution in [1.82, 2.24) is 9.88 Å². The number of carbonyl (C=O) groups excluding carboxylic acids is 3. The fourth-order valence-electron chi connectivity index (χ4n) is 2.75. The number of benzene rings is 1. The topological polar surface area (TPSA) is 79.5 Å². The Balaban J connectivity index is 2.01. The molecule has 1 amide bonds. The third-order valence-electron chi connectivity index (χ3n) is 3.75. The molecule has 1 saturated heterocycles. The van der Waals surface area contributed by atoms with Gasteiger partial charge < -0.3 is 14.6 Å². The summed E-state index contributed by atoms with van der Waals surface area (Å²) in [5.41, 5.74) is 0.889. The number of aromatic amines is 1. The standard InChI is InChI=1S/C16H16N2O4/c1-10(19)22-13-6-4-5-12-14(13)11(9-17-12)15(20)16(21)18-7-2-3-8-18/h4-6,9,17H,2-3,7-8H2,1H3. The van der Waals surface area contributed by atoms with Crippen LogP contribution in [-0.2, 0) is 9.59 Å². The molecule has 1 aliphatic heterocycles. The maximum atomic E-state index is 12.5. The average Bonchev–Trinajstić information content (AvgIpc) is 3.15. The van der Waals surface area contributed by atoms with Crippen LogP contribution in [0.1, 0.15) is 30.1 Å². The number of fused-ring (bicyclic) bond motifs is 1. The molecule has 0 unspecified atom stereocenters. The first-order valence-corrected chi connectivity index (χ1v) is 7.20. The summed E-state index contributed by atoms with van der Waals surface area (Å²) in [4.78, 5) is 40.5. The fraction of sp³-hybridized carbons (Fsp3) is 0.312. The number of hydrogen-bond donors (Lipinski definition) is 1. The van der Waals surface area contributed by atoms with Crippen LogP contribution in [0, 0.1) is 0 Å². The molecule has 0 bridgehead atoms. The molecule has 1 aliphatic rings. The van der Waals surface area contributed by atoms with Gasteiger partial charge in [-0.25, -0.2) is 0 Å². The number of amides is 1. The van der Waals surface area contributed by atoms with Gasteiger partial charge in [0.05, 0.1) is 10.9 Å². The van der Waals surface area contributed by atoms with E-state index in [9.17, 15) is 14.4 Å². The molecule has 1 aromatic carbocycles. The predicted molar refractivity (Wildman–Crippen MR) is 79.8 cm³/mol. The lowest BCUT2D eigenvalue weighted by Crippen LogP contribution is -2.34. The smallest absolute Gasteiger partial charge is 0.308 e. The molecule has 6 nitrogen and oxygen atoms in total. The molecule has 22 heavy (non-hydrogen) atoms. The molecule has 2 aromatic rings. The van der Waals surface area contributed by atoms with E-state index in [2.05, 4.69) is 4.98 Å². The summed E-state index contributed by atoms with van der Waals surface area (Å²) in [6.07, 6.45) is 3.34. The molecule has 1 aromatic heterocycles. The third kappa shape index (κ3) is 2.47. The minimum absolute atomic E-state index is 0.240. The molecule has 0 radical (unpaired) electrons. The number of aromatic nitrogens is 1. The van der Waals surface area contributed by atoms with Crippen LogP contribution in [-0.4, -0.2) is 40.6 Å². The van der Waals surface area contributed by atoms with E-state index in [-0.39, 0.29) is 11.3 Å². The largest absolute Gasteiger partial charge is 0.426 e. The summed E-state index contributed by atoms with van der Waals surface area (Å²) in [5, 5.41) is 0.468. The predicted octanol–water partition coefficient (Wildman–Crippen LogP) is 1.90. The number of carbonyl (C=O) groups is 3. The number of esters is 1. The van der Waals surface area contributed by atoms with Crippen LogP contribution in [0.4, 0.5) is 0 Å². The molecule has 6 heteroatoms. The number of nitrogens with one attached hydrogen (secondary N) is 1. The minimum atomic E-state index is -0.576. The molecule has 114 valence electrons. The van der Waals surface area contributed by atoms with Crippen LogP contribution in [0.2, 0.25) is 0 Å². The lowest BCUT2D eigenvalue weighted by Gasteiger charge is -2.13. The molecule has 1 N–H and O–H groups in total. The summed E-state index contributed by atoms with van der Waals surface area (Å²) in [7, 11) is 0. The molecule has 2 heterocycles. The molecule has 0 atom stereocenters.